The fourth-order valence-electron chi connectivity index (χ4n) is 2.37. The van der Waals surface area contributed by atoms with Crippen LogP contribution in [0.4, 0.5) is 5.69 Å². The van der Waals surface area contributed by atoms with Gasteiger partial charge in [-0.1, -0.05) is 27.2 Å². The molecule has 0 heterocycles. The molecule has 0 fully saturated rings. The minimum absolute atomic E-state index is 0.0780. The van der Waals surface area contributed by atoms with Gasteiger partial charge in [-0.05, 0) is 36.6 Å². The van der Waals surface area contributed by atoms with Crippen LogP contribution in [0.1, 0.15) is 40.5 Å². The summed E-state index contributed by atoms with van der Waals surface area (Å²) < 4.78 is 26.3. The number of hydrogen-bond acceptors (Lipinski definition) is 4. The first kappa shape index (κ1) is 22.1. The zero-order valence-corrected chi connectivity index (χ0v) is 16.9. The molecule has 0 radical (unpaired) electrons. The maximum atomic E-state index is 12.5. The molecule has 0 saturated heterocycles. The number of amides is 2. The molecule has 8 heteroatoms. The summed E-state index contributed by atoms with van der Waals surface area (Å²) in [6.45, 7) is 7.49. The Kier molecular flexibility index (Phi) is 8.23. The molecular formula is C18H29N3O4S. The monoisotopic (exact) mass is 383 g/mol. The third-order valence-corrected chi connectivity index (χ3v) is 5.84. The molecule has 0 saturated carbocycles. The third-order valence-electron chi connectivity index (χ3n) is 3.96. The van der Waals surface area contributed by atoms with Gasteiger partial charge in [-0.15, -0.1) is 0 Å². The molecule has 7 nitrogen and oxygen atoms in total. The van der Waals surface area contributed by atoms with Crippen molar-refractivity contribution in [2.75, 3.05) is 18.9 Å². The maximum absolute atomic E-state index is 12.5. The highest BCUT2D eigenvalue weighted by molar-refractivity contribution is 7.89. The highest BCUT2D eigenvalue weighted by atomic mass is 32.2. The summed E-state index contributed by atoms with van der Waals surface area (Å²) in [5.74, 6) is -0.702. The van der Waals surface area contributed by atoms with E-state index >= 15 is 0 Å². The van der Waals surface area contributed by atoms with Gasteiger partial charge < -0.3 is 10.6 Å². The fourth-order valence-corrected chi connectivity index (χ4v) is 3.57. The van der Waals surface area contributed by atoms with Crippen LogP contribution in [-0.2, 0) is 19.6 Å². The molecule has 2 N–H and O–H groups in total. The van der Waals surface area contributed by atoms with Crippen molar-refractivity contribution in [2.45, 2.75) is 51.5 Å². The minimum Gasteiger partial charge on any atom is -0.344 e. The number of carbonyl (C=O) groups excluding carboxylic acids is 2. The Balaban J connectivity index is 2.87. The van der Waals surface area contributed by atoms with E-state index in [0.29, 0.717) is 12.2 Å². The van der Waals surface area contributed by atoms with Crippen molar-refractivity contribution in [3.8, 4) is 0 Å². The first-order valence-corrected chi connectivity index (χ1v) is 10.2. The van der Waals surface area contributed by atoms with Gasteiger partial charge in [-0.3, -0.25) is 9.59 Å². The van der Waals surface area contributed by atoms with Crippen molar-refractivity contribution in [2.24, 2.45) is 5.92 Å². The molecule has 0 aliphatic carbocycles. The normalized spacial score (nSPS) is 12.9. The number of rotatable bonds is 9. The minimum atomic E-state index is -3.54. The summed E-state index contributed by atoms with van der Waals surface area (Å²) in [6.07, 6.45) is 1.71. The number of nitrogens with zero attached hydrogens (tertiary/aromatic N) is 1. The van der Waals surface area contributed by atoms with Crippen LogP contribution in [0.5, 0.6) is 0 Å². The van der Waals surface area contributed by atoms with Crippen LogP contribution in [0.3, 0.4) is 0 Å². The van der Waals surface area contributed by atoms with Crippen molar-refractivity contribution >= 4 is 27.5 Å². The maximum Gasteiger partial charge on any atom is 0.247 e. The molecule has 0 aliphatic heterocycles. The molecule has 0 unspecified atom stereocenters. The van der Waals surface area contributed by atoms with Gasteiger partial charge in [0.05, 0.1) is 4.90 Å². The van der Waals surface area contributed by atoms with E-state index in [4.69, 9.17) is 0 Å². The van der Waals surface area contributed by atoms with Gasteiger partial charge in [0, 0.05) is 26.2 Å². The second-order valence-electron chi connectivity index (χ2n) is 6.62. The zero-order valence-electron chi connectivity index (χ0n) is 16.1. The summed E-state index contributed by atoms with van der Waals surface area (Å²) in [4.78, 5) is 23.8. The summed E-state index contributed by atoms with van der Waals surface area (Å²) in [6, 6.07) is 5.37. The molecule has 0 bridgehead atoms. The Morgan fingerprint density at radius 2 is 1.73 bits per heavy atom. The Hall–Kier alpha value is -1.93. The number of sulfonamides is 1. The van der Waals surface area contributed by atoms with Gasteiger partial charge in [0.15, 0.2) is 0 Å². The first-order valence-electron chi connectivity index (χ1n) is 8.74. The molecule has 0 spiro atoms. The van der Waals surface area contributed by atoms with Crippen LogP contribution >= 0.6 is 0 Å². The predicted molar refractivity (Wildman–Crippen MR) is 102 cm³/mol. The third kappa shape index (κ3) is 6.10. The van der Waals surface area contributed by atoms with Gasteiger partial charge in [-0.2, -0.15) is 0 Å². The Morgan fingerprint density at radius 1 is 1.15 bits per heavy atom. The number of benzene rings is 1. The summed E-state index contributed by atoms with van der Waals surface area (Å²) in [7, 11) is -1.98. The summed E-state index contributed by atoms with van der Waals surface area (Å²) in [5.41, 5.74) is 0.473. The number of nitrogens with one attached hydrogen (secondary N) is 2. The lowest BCUT2D eigenvalue weighted by atomic mass is 10.0. The number of carbonyl (C=O) groups is 2. The number of unbranched alkanes of at least 4 members (excludes halogenated alkanes) is 1. The van der Waals surface area contributed by atoms with Crippen molar-refractivity contribution < 1.29 is 18.0 Å². The van der Waals surface area contributed by atoms with Crippen molar-refractivity contribution in [1.82, 2.24) is 9.62 Å². The van der Waals surface area contributed by atoms with Crippen LogP contribution in [0.25, 0.3) is 0 Å². The molecule has 2 amide bonds. The number of anilines is 1. The smallest absolute Gasteiger partial charge is 0.247 e. The summed E-state index contributed by atoms with van der Waals surface area (Å²) in [5, 5.41) is 5.32. The lowest BCUT2D eigenvalue weighted by Crippen LogP contribution is -2.46. The first-order chi connectivity index (χ1) is 12.1. The molecule has 0 aliphatic rings. The topological polar surface area (TPSA) is 95.6 Å². The van der Waals surface area contributed by atoms with E-state index in [1.165, 1.54) is 23.4 Å². The molecular weight excluding hydrogens is 354 g/mol. The van der Waals surface area contributed by atoms with Crippen molar-refractivity contribution in [3.05, 3.63) is 24.3 Å². The van der Waals surface area contributed by atoms with E-state index in [2.05, 4.69) is 10.6 Å². The lowest BCUT2D eigenvalue weighted by Gasteiger charge is -2.21. The van der Waals surface area contributed by atoms with Crippen LogP contribution in [0.2, 0.25) is 0 Å². The van der Waals surface area contributed by atoms with Gasteiger partial charge >= 0.3 is 0 Å². The van der Waals surface area contributed by atoms with Crippen LogP contribution in [0, 0.1) is 5.92 Å². The van der Waals surface area contributed by atoms with E-state index in [0.717, 1.165) is 12.8 Å². The summed E-state index contributed by atoms with van der Waals surface area (Å²) >= 11 is 0. The van der Waals surface area contributed by atoms with Crippen molar-refractivity contribution in [3.63, 3.8) is 0 Å². The molecule has 1 aromatic carbocycles. The van der Waals surface area contributed by atoms with Crippen LogP contribution < -0.4 is 10.6 Å². The van der Waals surface area contributed by atoms with Gasteiger partial charge in [0.25, 0.3) is 0 Å². The van der Waals surface area contributed by atoms with Gasteiger partial charge in [-0.25, -0.2) is 12.7 Å². The molecule has 1 rings (SSSR count). The van der Waals surface area contributed by atoms with E-state index in [-0.39, 0.29) is 22.6 Å². The fraction of sp³-hybridized carbons (Fsp3) is 0.556. The van der Waals surface area contributed by atoms with Crippen molar-refractivity contribution in [1.29, 1.82) is 0 Å². The molecule has 146 valence electrons. The lowest BCUT2D eigenvalue weighted by molar-refractivity contribution is -0.126. The van der Waals surface area contributed by atoms with Gasteiger partial charge in [0.2, 0.25) is 21.8 Å². The van der Waals surface area contributed by atoms with E-state index in [1.54, 1.807) is 19.2 Å². The second-order valence-corrected chi connectivity index (χ2v) is 8.66. The van der Waals surface area contributed by atoms with Crippen LogP contribution in [0.15, 0.2) is 29.2 Å². The average Bonchev–Trinajstić information content (AvgIpc) is 2.57. The Morgan fingerprint density at radius 3 is 2.19 bits per heavy atom. The largest absolute Gasteiger partial charge is 0.344 e. The highest BCUT2D eigenvalue weighted by Gasteiger charge is 2.24. The van der Waals surface area contributed by atoms with E-state index in [9.17, 15) is 18.0 Å². The molecule has 1 aromatic rings. The molecule has 26 heavy (non-hydrogen) atoms. The molecule has 1 atom stereocenters. The SMILES string of the molecule is CCCCN(C)S(=O)(=O)c1ccc(NC(=O)[C@H](NC(C)=O)C(C)C)cc1. The van der Waals surface area contributed by atoms with Crippen LogP contribution in [-0.4, -0.2) is 44.2 Å². The van der Waals surface area contributed by atoms with Gasteiger partial charge in [0.1, 0.15) is 6.04 Å². The number of hydrogen-bond donors (Lipinski definition) is 2. The molecule has 0 aromatic heterocycles. The second kappa shape index (κ2) is 9.68. The van der Waals surface area contributed by atoms with E-state index in [1.807, 2.05) is 20.8 Å². The Labute approximate surface area is 156 Å². The predicted octanol–water partition coefficient (Wildman–Crippen LogP) is 2.21. The van der Waals surface area contributed by atoms with E-state index < -0.39 is 16.1 Å². The zero-order chi connectivity index (χ0) is 19.9. The highest BCUT2D eigenvalue weighted by Crippen LogP contribution is 2.18. The standard InChI is InChI=1S/C18H29N3O4S/c1-6-7-12-21(5)26(24,25)16-10-8-15(9-11-16)20-18(23)17(13(2)3)19-14(4)22/h8-11,13,17H,6-7,12H2,1-5H3,(H,19,22)(H,20,23)/t17-/m1/s1. The average molecular weight is 384 g/mol. The quantitative estimate of drug-likeness (QED) is 0.683. The Bertz CT molecular complexity index is 714.